The minimum atomic E-state index is -0.759. The van der Waals surface area contributed by atoms with E-state index in [4.69, 9.17) is 14.2 Å². The van der Waals surface area contributed by atoms with Gasteiger partial charge in [-0.1, -0.05) is 272 Å². The molecule has 0 aliphatic carbocycles. The molecule has 0 saturated heterocycles. The lowest BCUT2D eigenvalue weighted by atomic mass is 9.99. The van der Waals surface area contributed by atoms with Crippen molar-refractivity contribution < 1.29 is 28.6 Å². The van der Waals surface area contributed by atoms with Crippen LogP contribution in [0, 0.1) is 5.92 Å². The van der Waals surface area contributed by atoms with E-state index in [-0.39, 0.29) is 31.1 Å². The fraction of sp³-hybridized carbons (Fsp3) is 0.945. The maximum absolute atomic E-state index is 12.7. The number of unbranched alkanes of at least 4 members (excludes halogenated alkanes) is 36. The third-order valence-electron chi connectivity index (χ3n) is 12.9. The van der Waals surface area contributed by atoms with Crippen LogP contribution in [0.5, 0.6) is 0 Å². The van der Waals surface area contributed by atoms with Gasteiger partial charge in [-0.05, 0) is 25.2 Å². The molecule has 0 heterocycles. The molecule has 0 aliphatic rings. The highest BCUT2D eigenvalue weighted by Gasteiger charge is 2.19. The Morgan fingerprint density at radius 2 is 0.574 bits per heavy atom. The second kappa shape index (κ2) is 49.4. The summed E-state index contributed by atoms with van der Waals surface area (Å²) < 4.78 is 16.7. The van der Waals surface area contributed by atoms with Crippen LogP contribution in [-0.2, 0) is 28.6 Å². The minimum Gasteiger partial charge on any atom is -0.462 e. The SMILES string of the molecule is CCCCCCCCCCCCCCCCCCC(=O)O[C@H](COC(=O)CCCCCCC)COC(=O)CCCCCCCCCCCCCCCCCCCCC(C)CC. The van der Waals surface area contributed by atoms with Crippen LogP contribution in [0.25, 0.3) is 0 Å². The molecule has 1 unspecified atom stereocenters. The largest absolute Gasteiger partial charge is 0.462 e. The highest BCUT2D eigenvalue weighted by atomic mass is 16.6. The molecule has 2 atom stereocenters. The zero-order valence-corrected chi connectivity index (χ0v) is 41.6. The summed E-state index contributed by atoms with van der Waals surface area (Å²) in [5, 5.41) is 0. The maximum atomic E-state index is 12.7. The van der Waals surface area contributed by atoms with Crippen LogP contribution in [0.2, 0.25) is 0 Å². The van der Waals surface area contributed by atoms with Crippen molar-refractivity contribution in [2.75, 3.05) is 13.2 Å². The summed E-state index contributed by atoms with van der Waals surface area (Å²) in [4.78, 5) is 37.7. The lowest BCUT2D eigenvalue weighted by Crippen LogP contribution is -2.30. The van der Waals surface area contributed by atoms with E-state index in [1.807, 2.05) is 0 Å². The summed E-state index contributed by atoms with van der Waals surface area (Å²) in [6.07, 6.45) is 52.7. The topological polar surface area (TPSA) is 78.9 Å². The van der Waals surface area contributed by atoms with Crippen molar-refractivity contribution in [2.45, 2.75) is 316 Å². The van der Waals surface area contributed by atoms with Crippen molar-refractivity contribution >= 4 is 17.9 Å². The number of carbonyl (C=O) groups excluding carboxylic acids is 3. The first-order chi connectivity index (χ1) is 29.9. The summed E-state index contributed by atoms with van der Waals surface area (Å²) in [6, 6.07) is 0. The maximum Gasteiger partial charge on any atom is 0.306 e. The molecule has 0 rings (SSSR count). The first kappa shape index (κ1) is 59.4. The normalized spacial score (nSPS) is 12.4. The molecule has 61 heavy (non-hydrogen) atoms. The van der Waals surface area contributed by atoms with Gasteiger partial charge >= 0.3 is 17.9 Å². The Kier molecular flexibility index (Phi) is 48.1. The molecule has 0 aromatic heterocycles. The Morgan fingerprint density at radius 1 is 0.328 bits per heavy atom. The molecule has 0 N–H and O–H groups in total. The monoisotopic (exact) mass is 863 g/mol. The van der Waals surface area contributed by atoms with Crippen molar-refractivity contribution in [1.29, 1.82) is 0 Å². The fourth-order valence-corrected chi connectivity index (χ4v) is 8.36. The quantitative estimate of drug-likeness (QED) is 0.0344. The summed E-state index contributed by atoms with van der Waals surface area (Å²) in [5.41, 5.74) is 0. The van der Waals surface area contributed by atoms with Gasteiger partial charge in [0.2, 0.25) is 0 Å². The van der Waals surface area contributed by atoms with Crippen LogP contribution in [0.4, 0.5) is 0 Å². The molecular weight excluding hydrogens is 757 g/mol. The number of hydrogen-bond donors (Lipinski definition) is 0. The van der Waals surface area contributed by atoms with Gasteiger partial charge in [-0.3, -0.25) is 14.4 Å². The number of rotatable bonds is 50. The van der Waals surface area contributed by atoms with Crippen molar-refractivity contribution in [3.05, 3.63) is 0 Å². The summed E-state index contributed by atoms with van der Waals surface area (Å²) in [5.74, 6) is 0.0542. The zero-order chi connectivity index (χ0) is 44.5. The van der Waals surface area contributed by atoms with Gasteiger partial charge in [0.25, 0.3) is 0 Å². The van der Waals surface area contributed by atoms with E-state index >= 15 is 0 Å². The van der Waals surface area contributed by atoms with Gasteiger partial charge in [-0.15, -0.1) is 0 Å². The van der Waals surface area contributed by atoms with E-state index in [0.29, 0.717) is 19.3 Å². The number of carbonyl (C=O) groups is 3. The second-order valence-electron chi connectivity index (χ2n) is 19.1. The number of esters is 3. The molecule has 0 aromatic carbocycles. The first-order valence-corrected chi connectivity index (χ1v) is 27.4. The molecule has 0 bridgehead atoms. The molecule has 362 valence electrons. The van der Waals surface area contributed by atoms with Crippen LogP contribution in [0.1, 0.15) is 310 Å². The number of hydrogen-bond acceptors (Lipinski definition) is 6. The van der Waals surface area contributed by atoms with Gasteiger partial charge in [0.1, 0.15) is 13.2 Å². The molecule has 6 nitrogen and oxygen atoms in total. The predicted molar refractivity (Wildman–Crippen MR) is 261 cm³/mol. The summed E-state index contributed by atoms with van der Waals surface area (Å²) in [6.45, 7) is 9.01. The Labute approximate surface area is 380 Å². The molecule has 0 fully saturated rings. The molecule has 0 spiro atoms. The van der Waals surface area contributed by atoms with Crippen LogP contribution < -0.4 is 0 Å². The second-order valence-corrected chi connectivity index (χ2v) is 19.1. The smallest absolute Gasteiger partial charge is 0.306 e. The Bertz CT molecular complexity index is 920. The lowest BCUT2D eigenvalue weighted by molar-refractivity contribution is -0.167. The zero-order valence-electron chi connectivity index (χ0n) is 41.6. The van der Waals surface area contributed by atoms with Gasteiger partial charge in [0.05, 0.1) is 0 Å². The van der Waals surface area contributed by atoms with E-state index in [1.54, 1.807) is 0 Å². The molecule has 0 amide bonds. The van der Waals surface area contributed by atoms with Gasteiger partial charge in [0.15, 0.2) is 6.10 Å². The van der Waals surface area contributed by atoms with E-state index < -0.39 is 6.10 Å². The standard InChI is InChI=1S/C55H106O6/c1-5-8-10-12-13-14-15-16-17-23-27-30-33-36-40-44-48-55(58)61-52(49-59-53(56)46-42-37-11-9-6-2)50-60-54(57)47-43-39-35-32-29-26-24-21-19-18-20-22-25-28-31-34-38-41-45-51(4)7-3/h51-52H,5-50H2,1-4H3/t51?,52-/m1/s1. The molecule has 0 aromatic rings. The molecule has 6 heteroatoms. The van der Waals surface area contributed by atoms with E-state index in [1.165, 1.54) is 199 Å². The fourth-order valence-electron chi connectivity index (χ4n) is 8.36. The van der Waals surface area contributed by atoms with Gasteiger partial charge < -0.3 is 14.2 Å². The van der Waals surface area contributed by atoms with Gasteiger partial charge in [-0.25, -0.2) is 0 Å². The van der Waals surface area contributed by atoms with Crippen LogP contribution in [0.15, 0.2) is 0 Å². The van der Waals surface area contributed by atoms with Gasteiger partial charge in [0, 0.05) is 19.3 Å². The van der Waals surface area contributed by atoms with Crippen LogP contribution >= 0.6 is 0 Å². The van der Waals surface area contributed by atoms with Crippen LogP contribution in [0.3, 0.4) is 0 Å². The van der Waals surface area contributed by atoms with Crippen molar-refractivity contribution in [3.8, 4) is 0 Å². The molecule has 0 saturated carbocycles. The highest BCUT2D eigenvalue weighted by Crippen LogP contribution is 2.18. The van der Waals surface area contributed by atoms with E-state index in [2.05, 4.69) is 27.7 Å². The minimum absolute atomic E-state index is 0.0634. The Hall–Kier alpha value is -1.59. The summed E-state index contributed by atoms with van der Waals surface area (Å²) in [7, 11) is 0. The van der Waals surface area contributed by atoms with E-state index in [9.17, 15) is 14.4 Å². The van der Waals surface area contributed by atoms with Crippen molar-refractivity contribution in [3.63, 3.8) is 0 Å². The molecule has 0 aliphatic heterocycles. The Morgan fingerprint density at radius 3 is 0.852 bits per heavy atom. The van der Waals surface area contributed by atoms with Crippen molar-refractivity contribution in [2.24, 2.45) is 5.92 Å². The number of ether oxygens (including phenoxy) is 3. The van der Waals surface area contributed by atoms with Crippen LogP contribution in [-0.4, -0.2) is 37.2 Å². The van der Waals surface area contributed by atoms with Crippen molar-refractivity contribution in [1.82, 2.24) is 0 Å². The first-order valence-electron chi connectivity index (χ1n) is 27.4. The third-order valence-corrected chi connectivity index (χ3v) is 12.9. The average molecular weight is 863 g/mol. The molecule has 0 radical (unpaired) electrons. The summed E-state index contributed by atoms with van der Waals surface area (Å²) >= 11 is 0. The predicted octanol–water partition coefficient (Wildman–Crippen LogP) is 17.8. The Balaban J connectivity index is 4.04. The third kappa shape index (κ3) is 47.7. The average Bonchev–Trinajstić information content (AvgIpc) is 3.26. The molecular formula is C55H106O6. The van der Waals surface area contributed by atoms with E-state index in [0.717, 1.165) is 70.1 Å². The highest BCUT2D eigenvalue weighted by molar-refractivity contribution is 5.71. The lowest BCUT2D eigenvalue weighted by Gasteiger charge is -2.18. The van der Waals surface area contributed by atoms with Gasteiger partial charge in [-0.2, -0.15) is 0 Å².